The lowest BCUT2D eigenvalue weighted by molar-refractivity contribution is 0.0697. The van der Waals surface area contributed by atoms with Gasteiger partial charge in [0.15, 0.2) is 0 Å². The van der Waals surface area contributed by atoms with Crippen LogP contribution in [0.1, 0.15) is 27.0 Å². The largest absolute Gasteiger partial charge is 0.478 e. The van der Waals surface area contributed by atoms with Crippen molar-refractivity contribution >= 4 is 28.5 Å². The van der Waals surface area contributed by atoms with Gasteiger partial charge in [0, 0.05) is 29.2 Å². The summed E-state index contributed by atoms with van der Waals surface area (Å²) < 4.78 is 15.3. The number of carbonyl (C=O) groups is 1. The van der Waals surface area contributed by atoms with E-state index in [2.05, 4.69) is 10.6 Å². The Balaban J connectivity index is 1.75. The molecule has 0 spiro atoms. The molecule has 30 heavy (non-hydrogen) atoms. The Hall–Kier alpha value is -4.17. The Kier molecular flexibility index (Phi) is 5.15. The number of carboxylic acid groups (broad SMARTS) is 1. The molecular formula is C25H17FN2O2. The van der Waals surface area contributed by atoms with Crippen LogP contribution in [0.3, 0.4) is 0 Å². The van der Waals surface area contributed by atoms with E-state index in [4.69, 9.17) is 5.11 Å². The van der Waals surface area contributed by atoms with Gasteiger partial charge >= 0.3 is 5.97 Å². The molecule has 0 radical (unpaired) electrons. The van der Waals surface area contributed by atoms with Gasteiger partial charge in [0.2, 0.25) is 0 Å². The highest BCUT2D eigenvalue weighted by Crippen LogP contribution is 2.27. The number of para-hydroxylation sites is 1. The average Bonchev–Trinajstić information content (AvgIpc) is 3.11. The van der Waals surface area contributed by atoms with Crippen LogP contribution in [0, 0.1) is 17.1 Å². The van der Waals surface area contributed by atoms with Gasteiger partial charge < -0.3 is 9.67 Å². The molecule has 0 aliphatic rings. The number of allylic oxidation sites excluding steroid dienone is 1. The molecule has 4 aromatic rings. The number of nitrogens with zero attached hydrogens (tertiary/aromatic N) is 2. The number of benzene rings is 3. The van der Waals surface area contributed by atoms with Crippen LogP contribution in [0.25, 0.3) is 22.6 Å². The number of aromatic carboxylic acids is 1. The van der Waals surface area contributed by atoms with Gasteiger partial charge in [0.1, 0.15) is 5.82 Å². The summed E-state index contributed by atoms with van der Waals surface area (Å²) in [7, 11) is 0. The molecule has 0 unspecified atom stereocenters. The molecule has 1 heterocycles. The maximum atomic E-state index is 13.2. The Morgan fingerprint density at radius 3 is 2.33 bits per heavy atom. The van der Waals surface area contributed by atoms with Gasteiger partial charge in [-0.3, -0.25) is 0 Å². The van der Waals surface area contributed by atoms with E-state index >= 15 is 0 Å². The molecule has 1 N–H and O–H groups in total. The van der Waals surface area contributed by atoms with Crippen LogP contribution in [-0.4, -0.2) is 15.6 Å². The molecule has 0 fully saturated rings. The first kappa shape index (κ1) is 19.2. The first-order valence-electron chi connectivity index (χ1n) is 9.33. The van der Waals surface area contributed by atoms with E-state index in [9.17, 15) is 14.4 Å². The van der Waals surface area contributed by atoms with Crippen LogP contribution < -0.4 is 0 Å². The second-order valence-corrected chi connectivity index (χ2v) is 6.91. The monoisotopic (exact) mass is 396 g/mol. The quantitative estimate of drug-likeness (QED) is 0.447. The lowest BCUT2D eigenvalue weighted by Gasteiger charge is -2.05. The van der Waals surface area contributed by atoms with Crippen LogP contribution in [0.4, 0.5) is 4.39 Å². The van der Waals surface area contributed by atoms with Gasteiger partial charge in [0.05, 0.1) is 17.2 Å². The SMILES string of the molecule is N#CC(=Cc1cn(Cc2ccc(F)cc2)c2ccccc12)c1ccc(C(=O)O)cc1. The van der Waals surface area contributed by atoms with Crippen molar-refractivity contribution in [3.05, 3.63) is 107 Å². The standard InChI is InChI=1S/C25H17FN2O2/c26-22-11-5-17(6-12-22)15-28-16-21(23-3-1-2-4-24(23)28)13-20(14-27)18-7-9-19(10-8-18)25(29)30/h1-13,16H,15H2,(H,29,30). The summed E-state index contributed by atoms with van der Waals surface area (Å²) in [6.07, 6.45) is 3.77. The van der Waals surface area contributed by atoms with E-state index in [1.807, 2.05) is 30.5 Å². The number of aromatic nitrogens is 1. The second-order valence-electron chi connectivity index (χ2n) is 6.91. The smallest absolute Gasteiger partial charge is 0.335 e. The summed E-state index contributed by atoms with van der Waals surface area (Å²) in [6.45, 7) is 0.573. The molecule has 146 valence electrons. The summed E-state index contributed by atoms with van der Waals surface area (Å²) in [5.41, 5.74) is 4.12. The Bertz CT molecular complexity index is 1290. The van der Waals surface area contributed by atoms with Crippen LogP contribution in [-0.2, 0) is 6.54 Å². The van der Waals surface area contributed by atoms with Crippen molar-refractivity contribution in [3.8, 4) is 6.07 Å². The predicted octanol–water partition coefficient (Wildman–Crippen LogP) is 5.59. The van der Waals surface area contributed by atoms with Gasteiger partial charge in [0.25, 0.3) is 0 Å². The van der Waals surface area contributed by atoms with Crippen molar-refractivity contribution in [2.24, 2.45) is 0 Å². The molecule has 0 amide bonds. The normalized spacial score (nSPS) is 11.4. The summed E-state index contributed by atoms with van der Waals surface area (Å²) in [5.74, 6) is -1.28. The minimum atomic E-state index is -1.01. The summed E-state index contributed by atoms with van der Waals surface area (Å²) in [5, 5.41) is 19.7. The van der Waals surface area contributed by atoms with E-state index in [0.29, 0.717) is 17.7 Å². The number of hydrogen-bond acceptors (Lipinski definition) is 2. The number of carboxylic acids is 1. The predicted molar refractivity (Wildman–Crippen MR) is 114 cm³/mol. The van der Waals surface area contributed by atoms with E-state index in [-0.39, 0.29) is 11.4 Å². The average molecular weight is 396 g/mol. The van der Waals surface area contributed by atoms with Crippen molar-refractivity contribution in [2.75, 3.05) is 0 Å². The van der Waals surface area contributed by atoms with E-state index in [0.717, 1.165) is 22.0 Å². The van der Waals surface area contributed by atoms with Crippen molar-refractivity contribution in [1.29, 1.82) is 5.26 Å². The third kappa shape index (κ3) is 3.85. The summed E-state index contributed by atoms with van der Waals surface area (Å²) >= 11 is 0. The van der Waals surface area contributed by atoms with Gasteiger partial charge in [-0.05, 0) is 47.5 Å². The van der Waals surface area contributed by atoms with Crippen LogP contribution in [0.15, 0.2) is 79.0 Å². The first-order valence-corrected chi connectivity index (χ1v) is 9.33. The van der Waals surface area contributed by atoms with Crippen molar-refractivity contribution in [2.45, 2.75) is 6.54 Å². The zero-order valence-corrected chi connectivity index (χ0v) is 15.9. The maximum absolute atomic E-state index is 13.2. The number of fused-ring (bicyclic) bond motifs is 1. The molecule has 0 saturated carbocycles. The molecule has 4 nitrogen and oxygen atoms in total. The zero-order valence-electron chi connectivity index (χ0n) is 15.9. The minimum absolute atomic E-state index is 0.173. The summed E-state index contributed by atoms with van der Waals surface area (Å²) in [4.78, 5) is 11.1. The van der Waals surface area contributed by atoms with Gasteiger partial charge in [-0.15, -0.1) is 0 Å². The Labute approximate surface area is 172 Å². The lowest BCUT2D eigenvalue weighted by Crippen LogP contribution is -1.97. The zero-order chi connectivity index (χ0) is 21.1. The molecule has 3 aromatic carbocycles. The molecule has 0 atom stereocenters. The van der Waals surface area contributed by atoms with E-state index in [1.54, 1.807) is 30.3 Å². The highest BCUT2D eigenvalue weighted by atomic mass is 19.1. The van der Waals surface area contributed by atoms with Crippen LogP contribution in [0.2, 0.25) is 0 Å². The molecule has 5 heteroatoms. The molecule has 1 aromatic heterocycles. The van der Waals surface area contributed by atoms with Crippen molar-refractivity contribution < 1.29 is 14.3 Å². The minimum Gasteiger partial charge on any atom is -0.478 e. The van der Waals surface area contributed by atoms with Gasteiger partial charge in [-0.2, -0.15) is 5.26 Å². The maximum Gasteiger partial charge on any atom is 0.335 e. The third-order valence-electron chi connectivity index (χ3n) is 4.95. The fourth-order valence-corrected chi connectivity index (χ4v) is 3.44. The topological polar surface area (TPSA) is 66.0 Å². The molecular weight excluding hydrogens is 379 g/mol. The Morgan fingerprint density at radius 1 is 1.00 bits per heavy atom. The third-order valence-corrected chi connectivity index (χ3v) is 4.95. The van der Waals surface area contributed by atoms with Gasteiger partial charge in [-0.1, -0.05) is 42.5 Å². The number of nitriles is 1. The second kappa shape index (κ2) is 8.06. The van der Waals surface area contributed by atoms with Crippen molar-refractivity contribution in [1.82, 2.24) is 4.57 Å². The molecule has 0 bridgehead atoms. The highest BCUT2D eigenvalue weighted by molar-refractivity contribution is 5.98. The summed E-state index contributed by atoms with van der Waals surface area (Å²) in [6, 6.07) is 22.7. The van der Waals surface area contributed by atoms with Crippen LogP contribution >= 0.6 is 0 Å². The fourth-order valence-electron chi connectivity index (χ4n) is 3.44. The molecule has 0 aliphatic heterocycles. The number of hydrogen-bond donors (Lipinski definition) is 1. The van der Waals surface area contributed by atoms with E-state index < -0.39 is 5.97 Å². The van der Waals surface area contributed by atoms with Crippen molar-refractivity contribution in [3.63, 3.8) is 0 Å². The number of rotatable bonds is 5. The number of halogens is 1. The van der Waals surface area contributed by atoms with Gasteiger partial charge in [-0.25, -0.2) is 9.18 Å². The fraction of sp³-hybridized carbons (Fsp3) is 0.0400. The van der Waals surface area contributed by atoms with E-state index in [1.165, 1.54) is 24.3 Å². The molecule has 0 aliphatic carbocycles. The first-order chi connectivity index (χ1) is 14.5. The molecule has 4 rings (SSSR count). The Morgan fingerprint density at radius 2 is 1.67 bits per heavy atom. The molecule has 0 saturated heterocycles. The lowest BCUT2D eigenvalue weighted by atomic mass is 10.0. The highest BCUT2D eigenvalue weighted by Gasteiger charge is 2.10. The van der Waals surface area contributed by atoms with Crippen LogP contribution in [0.5, 0.6) is 0 Å².